The molecule has 0 radical (unpaired) electrons. The van der Waals surface area contributed by atoms with Crippen LogP contribution < -0.4 is 14.8 Å². The highest BCUT2D eigenvalue weighted by Crippen LogP contribution is 2.12. The van der Waals surface area contributed by atoms with E-state index in [9.17, 15) is 0 Å². The van der Waals surface area contributed by atoms with Crippen molar-refractivity contribution in [1.82, 2.24) is 15.0 Å². The van der Waals surface area contributed by atoms with E-state index < -0.39 is 0 Å². The molecule has 0 aromatic carbocycles. The summed E-state index contributed by atoms with van der Waals surface area (Å²) in [6.07, 6.45) is 0.179. The zero-order chi connectivity index (χ0) is 13.4. The molecule has 7 nitrogen and oxygen atoms in total. The molecule has 0 spiro atoms. The molecule has 0 aliphatic carbocycles. The maximum atomic E-state index is 5.38. The molecular weight excluding hydrogens is 236 g/mol. The van der Waals surface area contributed by atoms with Gasteiger partial charge in [0.1, 0.15) is 6.61 Å². The van der Waals surface area contributed by atoms with Crippen LogP contribution in [0, 0.1) is 0 Å². The third-order valence-electron chi connectivity index (χ3n) is 1.86. The average molecular weight is 256 g/mol. The molecule has 0 aliphatic rings. The fourth-order valence-corrected chi connectivity index (χ4v) is 1.12. The van der Waals surface area contributed by atoms with Gasteiger partial charge in [-0.05, 0) is 20.8 Å². The maximum absolute atomic E-state index is 5.38. The molecule has 1 rings (SSSR count). The van der Waals surface area contributed by atoms with Crippen molar-refractivity contribution < 1.29 is 14.2 Å². The van der Waals surface area contributed by atoms with Crippen molar-refractivity contribution in [3.8, 4) is 12.0 Å². The Kier molecular flexibility index (Phi) is 6.13. The number of rotatable bonds is 8. The van der Waals surface area contributed by atoms with Crippen LogP contribution in [0.15, 0.2) is 0 Å². The average Bonchev–Trinajstić information content (AvgIpc) is 2.34. The lowest BCUT2D eigenvalue weighted by molar-refractivity contribution is 0.0528. The summed E-state index contributed by atoms with van der Waals surface area (Å²) in [6, 6.07) is 0.474. The van der Waals surface area contributed by atoms with Crippen LogP contribution in [-0.4, -0.2) is 47.9 Å². The fraction of sp³-hybridized carbons (Fsp3) is 0.727. The van der Waals surface area contributed by atoms with Gasteiger partial charge in [-0.25, -0.2) is 0 Å². The highest BCUT2D eigenvalue weighted by molar-refractivity contribution is 5.26. The van der Waals surface area contributed by atoms with Crippen molar-refractivity contribution in [3.63, 3.8) is 0 Å². The first kappa shape index (κ1) is 14.4. The van der Waals surface area contributed by atoms with Gasteiger partial charge in [0.2, 0.25) is 5.95 Å². The smallest absolute Gasteiger partial charge is 0.324 e. The van der Waals surface area contributed by atoms with E-state index in [1.165, 1.54) is 0 Å². The Labute approximate surface area is 107 Å². The first-order valence-electron chi connectivity index (χ1n) is 5.96. The van der Waals surface area contributed by atoms with Crippen molar-refractivity contribution in [2.75, 3.05) is 32.2 Å². The number of nitrogens with one attached hydrogen (secondary N) is 1. The summed E-state index contributed by atoms with van der Waals surface area (Å²) >= 11 is 0. The third-order valence-corrected chi connectivity index (χ3v) is 1.86. The number of ether oxygens (including phenoxy) is 3. The lowest BCUT2D eigenvalue weighted by Crippen LogP contribution is -2.13. The van der Waals surface area contributed by atoms with Crippen LogP contribution in [0.2, 0.25) is 0 Å². The molecule has 18 heavy (non-hydrogen) atoms. The van der Waals surface area contributed by atoms with Gasteiger partial charge in [-0.1, -0.05) is 0 Å². The van der Waals surface area contributed by atoms with E-state index in [2.05, 4.69) is 20.3 Å². The molecule has 0 aliphatic heterocycles. The molecular formula is C11H20N4O3. The van der Waals surface area contributed by atoms with Crippen molar-refractivity contribution in [1.29, 1.82) is 0 Å². The van der Waals surface area contributed by atoms with Crippen molar-refractivity contribution in [2.24, 2.45) is 0 Å². The molecule has 0 fully saturated rings. The molecule has 1 heterocycles. The van der Waals surface area contributed by atoms with Gasteiger partial charge in [0.15, 0.2) is 0 Å². The van der Waals surface area contributed by atoms with E-state index >= 15 is 0 Å². The summed E-state index contributed by atoms with van der Waals surface area (Å²) in [5.41, 5.74) is 0. The summed E-state index contributed by atoms with van der Waals surface area (Å²) in [4.78, 5) is 12.1. The van der Waals surface area contributed by atoms with Crippen LogP contribution in [0.1, 0.15) is 20.8 Å². The summed E-state index contributed by atoms with van der Waals surface area (Å²) in [5, 5.41) is 2.82. The zero-order valence-corrected chi connectivity index (χ0v) is 11.3. The Morgan fingerprint density at radius 2 is 1.72 bits per heavy atom. The van der Waals surface area contributed by atoms with Crippen LogP contribution >= 0.6 is 0 Å². The maximum Gasteiger partial charge on any atom is 0.324 e. The number of nitrogens with zero attached hydrogens (tertiary/aromatic N) is 3. The zero-order valence-electron chi connectivity index (χ0n) is 11.3. The van der Waals surface area contributed by atoms with Crippen LogP contribution in [0.4, 0.5) is 5.95 Å². The van der Waals surface area contributed by atoms with Crippen molar-refractivity contribution in [3.05, 3.63) is 0 Å². The summed E-state index contributed by atoms with van der Waals surface area (Å²) in [7, 11) is 1.72. The quantitative estimate of drug-likeness (QED) is 0.698. The summed E-state index contributed by atoms with van der Waals surface area (Å²) < 4.78 is 16.0. The lowest BCUT2D eigenvalue weighted by Gasteiger charge is -2.09. The predicted octanol–water partition coefficient (Wildman–Crippen LogP) is 1.12. The minimum absolute atomic E-state index is 0.179. The number of hydrogen-bond acceptors (Lipinski definition) is 7. The minimum Gasteiger partial charge on any atom is -0.464 e. The molecule has 7 heteroatoms. The number of aromatic nitrogens is 3. The Morgan fingerprint density at radius 3 is 2.28 bits per heavy atom. The fourth-order valence-electron chi connectivity index (χ4n) is 1.12. The van der Waals surface area contributed by atoms with E-state index in [-0.39, 0.29) is 18.1 Å². The third kappa shape index (κ3) is 5.13. The molecule has 0 amide bonds. The number of anilines is 1. The summed E-state index contributed by atoms with van der Waals surface area (Å²) in [5.74, 6) is 0.410. The number of hydrogen-bond donors (Lipinski definition) is 1. The van der Waals surface area contributed by atoms with E-state index in [0.29, 0.717) is 25.8 Å². The second-order valence-electron chi connectivity index (χ2n) is 3.68. The Hall–Kier alpha value is -1.63. The molecule has 1 N–H and O–H groups in total. The van der Waals surface area contributed by atoms with Crippen LogP contribution in [-0.2, 0) is 4.74 Å². The van der Waals surface area contributed by atoms with E-state index in [0.717, 1.165) is 0 Å². The minimum atomic E-state index is 0.179. The highest BCUT2D eigenvalue weighted by Gasteiger charge is 2.07. The van der Waals surface area contributed by atoms with Gasteiger partial charge in [0, 0.05) is 7.05 Å². The van der Waals surface area contributed by atoms with Gasteiger partial charge >= 0.3 is 12.0 Å². The van der Waals surface area contributed by atoms with Crippen LogP contribution in [0.5, 0.6) is 12.0 Å². The normalized spacial score (nSPS) is 10.5. The van der Waals surface area contributed by atoms with E-state index in [1.807, 2.05) is 20.8 Å². The van der Waals surface area contributed by atoms with Gasteiger partial charge in [-0.2, -0.15) is 9.97 Å². The molecule has 1 aromatic heterocycles. The predicted molar refractivity (Wildman–Crippen MR) is 67.1 cm³/mol. The second kappa shape index (κ2) is 7.65. The van der Waals surface area contributed by atoms with Crippen molar-refractivity contribution >= 4 is 5.95 Å². The monoisotopic (exact) mass is 256 g/mol. The SMILES string of the molecule is CCOc1nc(NC)nc(OCCOC(C)C)n1. The topological polar surface area (TPSA) is 78.4 Å². The van der Waals surface area contributed by atoms with Crippen molar-refractivity contribution in [2.45, 2.75) is 26.9 Å². The van der Waals surface area contributed by atoms with Gasteiger partial charge in [0.25, 0.3) is 0 Å². The van der Waals surface area contributed by atoms with Gasteiger partial charge in [-0.3, -0.25) is 0 Å². The Balaban J connectivity index is 2.55. The highest BCUT2D eigenvalue weighted by atomic mass is 16.5. The molecule has 102 valence electrons. The molecule has 0 unspecified atom stereocenters. The molecule has 0 saturated carbocycles. The summed E-state index contributed by atoms with van der Waals surface area (Å²) in [6.45, 7) is 7.16. The standard InChI is InChI=1S/C11H20N4O3/c1-5-16-10-13-9(12-4)14-11(15-10)18-7-6-17-8(2)3/h8H,5-7H2,1-4H3,(H,12,13,14,15). The molecule has 1 aromatic rings. The van der Waals surface area contributed by atoms with Crippen LogP contribution in [0.3, 0.4) is 0 Å². The first-order chi connectivity index (χ1) is 8.65. The van der Waals surface area contributed by atoms with Gasteiger partial charge in [-0.15, -0.1) is 4.98 Å². The Morgan fingerprint density at radius 1 is 1.06 bits per heavy atom. The first-order valence-corrected chi connectivity index (χ1v) is 5.96. The lowest BCUT2D eigenvalue weighted by atomic mass is 10.5. The molecule has 0 bridgehead atoms. The van der Waals surface area contributed by atoms with Crippen LogP contribution in [0.25, 0.3) is 0 Å². The second-order valence-corrected chi connectivity index (χ2v) is 3.68. The Bertz CT molecular complexity index is 360. The van der Waals surface area contributed by atoms with E-state index in [4.69, 9.17) is 14.2 Å². The molecule has 0 atom stereocenters. The largest absolute Gasteiger partial charge is 0.464 e. The van der Waals surface area contributed by atoms with Gasteiger partial charge < -0.3 is 19.5 Å². The van der Waals surface area contributed by atoms with E-state index in [1.54, 1.807) is 7.05 Å². The van der Waals surface area contributed by atoms with Gasteiger partial charge in [0.05, 0.1) is 19.3 Å². The molecule has 0 saturated heterocycles.